The first-order valence-electron chi connectivity index (χ1n) is 10.1. The lowest BCUT2D eigenvalue weighted by Crippen LogP contribution is -2.20. The van der Waals surface area contributed by atoms with Gasteiger partial charge in [-0.2, -0.15) is 5.10 Å². The standard InChI is InChI=1S/C24H20ClN5O3S/c1-17(18-8-10-22(11-9-18)30-13-12-26-16-30)27-28-24(31)19-4-2-7-23(14-19)34(32,33)29-21-6-3-5-20(25)15-21/h2-16,29H,1H3,(H,28,31)/b27-17+. The summed E-state index contributed by atoms with van der Waals surface area (Å²) in [4.78, 5) is 16.6. The van der Waals surface area contributed by atoms with Gasteiger partial charge in [0.1, 0.15) is 0 Å². The Labute approximate surface area is 202 Å². The molecule has 10 heteroatoms. The van der Waals surface area contributed by atoms with Crippen LogP contribution in [0.1, 0.15) is 22.8 Å². The van der Waals surface area contributed by atoms with Crippen LogP contribution in [0.3, 0.4) is 0 Å². The summed E-state index contributed by atoms with van der Waals surface area (Å²) in [6.07, 6.45) is 5.24. The summed E-state index contributed by atoms with van der Waals surface area (Å²) in [6.45, 7) is 1.77. The van der Waals surface area contributed by atoms with Gasteiger partial charge in [0.15, 0.2) is 0 Å². The lowest BCUT2D eigenvalue weighted by Gasteiger charge is -2.10. The highest BCUT2D eigenvalue weighted by Crippen LogP contribution is 2.20. The van der Waals surface area contributed by atoms with Crippen molar-refractivity contribution in [2.75, 3.05) is 4.72 Å². The molecule has 0 radical (unpaired) electrons. The minimum Gasteiger partial charge on any atom is -0.306 e. The van der Waals surface area contributed by atoms with Crippen LogP contribution in [0.5, 0.6) is 0 Å². The highest BCUT2D eigenvalue weighted by molar-refractivity contribution is 7.92. The second-order valence-electron chi connectivity index (χ2n) is 7.30. The van der Waals surface area contributed by atoms with Crippen molar-refractivity contribution in [1.29, 1.82) is 0 Å². The molecule has 0 fully saturated rings. The van der Waals surface area contributed by atoms with E-state index in [2.05, 4.69) is 20.2 Å². The zero-order valence-electron chi connectivity index (χ0n) is 18.0. The third-order valence-corrected chi connectivity index (χ3v) is 6.51. The topological polar surface area (TPSA) is 105 Å². The predicted octanol–water partition coefficient (Wildman–Crippen LogP) is 4.48. The van der Waals surface area contributed by atoms with Gasteiger partial charge < -0.3 is 4.57 Å². The molecule has 0 unspecified atom stereocenters. The number of benzene rings is 3. The van der Waals surface area contributed by atoms with Crippen molar-refractivity contribution in [2.45, 2.75) is 11.8 Å². The Hall–Kier alpha value is -3.95. The normalized spacial score (nSPS) is 11.8. The number of rotatable bonds is 7. The Bertz CT molecular complexity index is 1450. The van der Waals surface area contributed by atoms with Gasteiger partial charge in [-0.3, -0.25) is 9.52 Å². The molecule has 172 valence electrons. The highest BCUT2D eigenvalue weighted by atomic mass is 35.5. The van der Waals surface area contributed by atoms with Gasteiger partial charge in [0.25, 0.3) is 15.9 Å². The zero-order chi connectivity index (χ0) is 24.1. The molecule has 8 nitrogen and oxygen atoms in total. The van der Waals surface area contributed by atoms with Crippen molar-refractivity contribution >= 4 is 38.9 Å². The van der Waals surface area contributed by atoms with Crippen LogP contribution in [0, 0.1) is 0 Å². The van der Waals surface area contributed by atoms with E-state index in [1.54, 1.807) is 37.6 Å². The molecule has 1 heterocycles. The third kappa shape index (κ3) is 5.51. The molecule has 0 saturated heterocycles. The number of nitrogens with zero attached hydrogens (tertiary/aromatic N) is 3. The lowest BCUT2D eigenvalue weighted by atomic mass is 10.1. The molecule has 4 rings (SSSR count). The number of amides is 1. The Morgan fingerprint density at radius 2 is 1.76 bits per heavy atom. The van der Waals surface area contributed by atoms with E-state index in [-0.39, 0.29) is 10.5 Å². The SMILES string of the molecule is C/C(=N\NC(=O)c1cccc(S(=O)(=O)Nc2cccc(Cl)c2)c1)c1ccc(-n2ccnc2)cc1. The Morgan fingerprint density at radius 3 is 2.47 bits per heavy atom. The summed E-state index contributed by atoms with van der Waals surface area (Å²) in [5.41, 5.74) is 5.32. The molecule has 0 aliphatic rings. The molecular weight excluding hydrogens is 474 g/mol. The molecule has 0 atom stereocenters. The van der Waals surface area contributed by atoms with E-state index in [1.807, 2.05) is 35.0 Å². The van der Waals surface area contributed by atoms with Gasteiger partial charge in [-0.15, -0.1) is 0 Å². The van der Waals surface area contributed by atoms with Crippen LogP contribution in [0.4, 0.5) is 5.69 Å². The monoisotopic (exact) mass is 493 g/mol. The number of nitrogens with one attached hydrogen (secondary N) is 2. The van der Waals surface area contributed by atoms with Gasteiger partial charge in [-0.25, -0.2) is 18.8 Å². The van der Waals surface area contributed by atoms with Crippen molar-refractivity contribution in [3.63, 3.8) is 0 Å². The summed E-state index contributed by atoms with van der Waals surface area (Å²) < 4.78 is 29.8. The average Bonchev–Trinajstić information content (AvgIpc) is 3.37. The first-order chi connectivity index (χ1) is 16.3. The van der Waals surface area contributed by atoms with Crippen molar-refractivity contribution in [2.24, 2.45) is 5.10 Å². The second kappa shape index (κ2) is 9.90. The fourth-order valence-corrected chi connectivity index (χ4v) is 4.41. The highest BCUT2D eigenvalue weighted by Gasteiger charge is 2.17. The second-order valence-corrected chi connectivity index (χ2v) is 9.42. The van der Waals surface area contributed by atoms with Crippen LogP contribution < -0.4 is 10.1 Å². The quantitative estimate of drug-likeness (QED) is 0.292. The van der Waals surface area contributed by atoms with Gasteiger partial charge in [0.05, 0.1) is 22.6 Å². The van der Waals surface area contributed by atoms with Crippen LogP contribution >= 0.6 is 11.6 Å². The number of halogens is 1. The average molecular weight is 494 g/mol. The van der Waals surface area contributed by atoms with Crippen LogP contribution in [-0.2, 0) is 10.0 Å². The zero-order valence-corrected chi connectivity index (χ0v) is 19.6. The number of aromatic nitrogens is 2. The van der Waals surface area contributed by atoms with E-state index >= 15 is 0 Å². The molecule has 0 spiro atoms. The molecule has 2 N–H and O–H groups in total. The van der Waals surface area contributed by atoms with Gasteiger partial charge in [-0.1, -0.05) is 35.9 Å². The largest absolute Gasteiger partial charge is 0.306 e. The third-order valence-electron chi connectivity index (χ3n) is 4.90. The van der Waals surface area contributed by atoms with E-state index in [9.17, 15) is 13.2 Å². The summed E-state index contributed by atoms with van der Waals surface area (Å²) in [5, 5.41) is 4.55. The molecule has 0 aliphatic heterocycles. The maximum Gasteiger partial charge on any atom is 0.271 e. The van der Waals surface area contributed by atoms with Gasteiger partial charge >= 0.3 is 0 Å². The van der Waals surface area contributed by atoms with Crippen LogP contribution in [0.25, 0.3) is 5.69 Å². The fraction of sp³-hybridized carbons (Fsp3) is 0.0417. The molecule has 0 aliphatic carbocycles. The smallest absolute Gasteiger partial charge is 0.271 e. The maximum absolute atomic E-state index is 12.7. The van der Waals surface area contributed by atoms with E-state index in [0.29, 0.717) is 16.4 Å². The number of hydrazone groups is 1. The lowest BCUT2D eigenvalue weighted by molar-refractivity contribution is 0.0954. The van der Waals surface area contributed by atoms with Gasteiger partial charge in [0, 0.05) is 28.7 Å². The van der Waals surface area contributed by atoms with Crippen LogP contribution in [-0.4, -0.2) is 29.6 Å². The molecule has 34 heavy (non-hydrogen) atoms. The van der Waals surface area contributed by atoms with Crippen molar-refractivity contribution in [3.8, 4) is 5.69 Å². The van der Waals surface area contributed by atoms with Crippen molar-refractivity contribution < 1.29 is 13.2 Å². The molecular formula is C24H20ClN5O3S. The van der Waals surface area contributed by atoms with Crippen molar-refractivity contribution in [3.05, 3.63) is 108 Å². The molecule has 1 amide bonds. The molecule has 4 aromatic rings. The minimum atomic E-state index is -3.91. The molecule has 3 aromatic carbocycles. The summed E-state index contributed by atoms with van der Waals surface area (Å²) in [7, 11) is -3.91. The fourth-order valence-electron chi connectivity index (χ4n) is 3.12. The molecule has 1 aromatic heterocycles. The van der Waals surface area contributed by atoms with Crippen LogP contribution in [0.2, 0.25) is 5.02 Å². The Balaban J connectivity index is 1.46. The molecule has 0 saturated carbocycles. The number of hydrogen-bond donors (Lipinski definition) is 2. The first-order valence-corrected chi connectivity index (χ1v) is 12.0. The van der Waals surface area contributed by atoms with E-state index in [4.69, 9.17) is 11.6 Å². The summed E-state index contributed by atoms with van der Waals surface area (Å²) >= 11 is 5.92. The number of anilines is 1. The van der Waals surface area contributed by atoms with Gasteiger partial charge in [0.2, 0.25) is 0 Å². The Morgan fingerprint density at radius 1 is 1.00 bits per heavy atom. The number of imidazole rings is 1. The summed E-state index contributed by atoms with van der Waals surface area (Å²) in [6, 6.07) is 19.6. The van der Waals surface area contributed by atoms with E-state index in [1.165, 1.54) is 30.3 Å². The van der Waals surface area contributed by atoms with E-state index in [0.717, 1.165) is 11.3 Å². The number of carbonyl (C=O) groups is 1. The summed E-state index contributed by atoms with van der Waals surface area (Å²) in [5.74, 6) is -0.533. The Kier molecular flexibility index (Phi) is 6.76. The first kappa shape index (κ1) is 23.2. The number of sulfonamides is 1. The van der Waals surface area contributed by atoms with Crippen LogP contribution in [0.15, 0.2) is 102 Å². The van der Waals surface area contributed by atoms with Crippen molar-refractivity contribution in [1.82, 2.24) is 15.0 Å². The van der Waals surface area contributed by atoms with E-state index < -0.39 is 15.9 Å². The maximum atomic E-state index is 12.7. The number of carbonyl (C=O) groups excluding carboxylic acids is 1. The minimum absolute atomic E-state index is 0.0593. The number of hydrogen-bond acceptors (Lipinski definition) is 5. The molecule has 0 bridgehead atoms. The predicted molar refractivity (Wildman–Crippen MR) is 132 cm³/mol. The van der Waals surface area contributed by atoms with Gasteiger partial charge in [-0.05, 0) is 61.0 Å².